The maximum Gasteiger partial charge on any atom is 0.387 e. The van der Waals surface area contributed by atoms with Gasteiger partial charge < -0.3 is 9.30 Å². The molecule has 4 rings (SSSR count). The summed E-state index contributed by atoms with van der Waals surface area (Å²) < 4.78 is 33.5. The van der Waals surface area contributed by atoms with Crippen molar-refractivity contribution in [1.82, 2.24) is 18.7 Å². The number of fused-ring (bicyclic) bond motifs is 1. The Balaban J connectivity index is 1.84. The lowest BCUT2D eigenvalue weighted by atomic mass is 10.2. The second-order valence-corrected chi connectivity index (χ2v) is 7.96. The number of hydrogen-bond acceptors (Lipinski definition) is 4. The molecule has 0 aliphatic heterocycles. The topological polar surface area (TPSA) is 71.1 Å². The van der Waals surface area contributed by atoms with E-state index in [1.54, 1.807) is 48.0 Å². The first kappa shape index (κ1) is 22.7. The van der Waals surface area contributed by atoms with Gasteiger partial charge in [0, 0.05) is 18.5 Å². The zero-order valence-electron chi connectivity index (χ0n) is 18.0. The molecule has 0 N–H and O–H groups in total. The predicted molar refractivity (Wildman–Crippen MR) is 121 cm³/mol. The summed E-state index contributed by atoms with van der Waals surface area (Å²) in [5.74, 6) is 0.685. The third-order valence-electron chi connectivity index (χ3n) is 5.39. The van der Waals surface area contributed by atoms with Gasteiger partial charge in [0.25, 0.3) is 5.56 Å². The molecule has 0 amide bonds. The largest absolute Gasteiger partial charge is 0.435 e. The zero-order chi connectivity index (χ0) is 23.7. The van der Waals surface area contributed by atoms with Crippen molar-refractivity contribution in [2.24, 2.45) is 7.05 Å². The van der Waals surface area contributed by atoms with Gasteiger partial charge in [-0.15, -0.1) is 0 Å². The van der Waals surface area contributed by atoms with Crippen LogP contribution in [0, 0.1) is 0 Å². The minimum Gasteiger partial charge on any atom is -0.435 e. The molecule has 172 valence electrons. The van der Waals surface area contributed by atoms with Gasteiger partial charge >= 0.3 is 12.3 Å². The average Bonchev–Trinajstić information content (AvgIpc) is 3.12. The van der Waals surface area contributed by atoms with Crippen molar-refractivity contribution in [3.8, 4) is 5.75 Å². The molecular weight excluding hydrogens is 454 g/mol. The van der Waals surface area contributed by atoms with Gasteiger partial charge in [0.2, 0.25) is 0 Å². The van der Waals surface area contributed by atoms with E-state index in [-0.39, 0.29) is 24.5 Å². The number of nitrogens with zero attached hydrogens (tertiary/aromatic N) is 4. The van der Waals surface area contributed by atoms with Crippen molar-refractivity contribution in [3.63, 3.8) is 0 Å². The number of rotatable bonds is 7. The van der Waals surface area contributed by atoms with Crippen LogP contribution < -0.4 is 16.0 Å². The molecule has 2 aromatic carbocycles. The highest BCUT2D eigenvalue weighted by atomic mass is 35.5. The summed E-state index contributed by atoms with van der Waals surface area (Å²) in [6, 6.07) is 12.9. The summed E-state index contributed by atoms with van der Waals surface area (Å²) >= 11 is 5.95. The number of hydrogen-bond donors (Lipinski definition) is 0. The van der Waals surface area contributed by atoms with Crippen LogP contribution in [0.15, 0.2) is 58.1 Å². The summed E-state index contributed by atoms with van der Waals surface area (Å²) in [5.41, 5.74) is 1.06. The number of imidazole rings is 1. The molecule has 0 radical (unpaired) electrons. The molecule has 33 heavy (non-hydrogen) atoms. The van der Waals surface area contributed by atoms with Crippen LogP contribution in [0.3, 0.4) is 0 Å². The van der Waals surface area contributed by atoms with Crippen LogP contribution in [0.4, 0.5) is 8.78 Å². The first-order valence-electron chi connectivity index (χ1n) is 10.3. The molecule has 0 fully saturated rings. The van der Waals surface area contributed by atoms with Gasteiger partial charge in [-0.25, -0.2) is 9.78 Å². The highest BCUT2D eigenvalue weighted by molar-refractivity contribution is 6.30. The number of halogens is 3. The Hall–Kier alpha value is -3.46. The molecule has 0 atom stereocenters. The smallest absolute Gasteiger partial charge is 0.387 e. The number of aryl methyl sites for hydroxylation is 2. The van der Waals surface area contributed by atoms with Crippen molar-refractivity contribution in [2.45, 2.75) is 33.0 Å². The Morgan fingerprint density at radius 3 is 2.12 bits per heavy atom. The lowest BCUT2D eigenvalue weighted by Gasteiger charge is -2.13. The molecule has 0 bridgehead atoms. The highest BCUT2D eigenvalue weighted by Crippen LogP contribution is 2.17. The summed E-state index contributed by atoms with van der Waals surface area (Å²) in [6.45, 7) is -0.836. The van der Waals surface area contributed by atoms with Gasteiger partial charge in [-0.05, 0) is 35.4 Å². The van der Waals surface area contributed by atoms with Crippen LogP contribution in [0.25, 0.3) is 11.2 Å². The van der Waals surface area contributed by atoms with Gasteiger partial charge in [0.05, 0.1) is 13.1 Å². The Labute approximate surface area is 192 Å². The Bertz CT molecular complexity index is 1410. The van der Waals surface area contributed by atoms with E-state index in [2.05, 4.69) is 9.72 Å². The quantitative estimate of drug-likeness (QED) is 0.408. The average molecular weight is 475 g/mol. The van der Waals surface area contributed by atoms with Crippen LogP contribution in [-0.4, -0.2) is 25.3 Å². The maximum atomic E-state index is 13.4. The summed E-state index contributed by atoms with van der Waals surface area (Å²) in [4.78, 5) is 31.3. The van der Waals surface area contributed by atoms with E-state index in [9.17, 15) is 18.4 Å². The monoisotopic (exact) mass is 474 g/mol. The van der Waals surface area contributed by atoms with E-state index < -0.39 is 17.9 Å². The molecule has 7 nitrogen and oxygen atoms in total. The van der Waals surface area contributed by atoms with Crippen molar-refractivity contribution >= 4 is 22.8 Å². The number of alkyl halides is 2. The van der Waals surface area contributed by atoms with E-state index in [1.807, 2.05) is 6.92 Å². The lowest BCUT2D eigenvalue weighted by molar-refractivity contribution is -0.0498. The Morgan fingerprint density at radius 2 is 1.55 bits per heavy atom. The van der Waals surface area contributed by atoms with E-state index in [1.165, 1.54) is 21.3 Å². The molecule has 0 unspecified atom stereocenters. The van der Waals surface area contributed by atoms with Crippen LogP contribution in [-0.2, 0) is 26.6 Å². The number of aromatic nitrogens is 4. The third-order valence-corrected chi connectivity index (χ3v) is 5.65. The molecule has 0 aliphatic rings. The van der Waals surface area contributed by atoms with Crippen LogP contribution >= 0.6 is 11.6 Å². The SMILES string of the molecule is CCc1nc2c(c(=O)n(Cc3ccc(Cl)cc3)c(=O)n2Cc2ccc(OC(F)F)cc2)n1C. The fraction of sp³-hybridized carbons (Fsp3) is 0.261. The summed E-state index contributed by atoms with van der Waals surface area (Å²) in [5, 5.41) is 0.553. The Morgan fingerprint density at radius 1 is 0.970 bits per heavy atom. The predicted octanol–water partition coefficient (Wildman–Crippen LogP) is 3.81. The molecule has 0 aliphatic carbocycles. The van der Waals surface area contributed by atoms with Crippen LogP contribution in [0.1, 0.15) is 23.9 Å². The van der Waals surface area contributed by atoms with Gasteiger partial charge in [0.15, 0.2) is 11.2 Å². The maximum absolute atomic E-state index is 13.4. The van der Waals surface area contributed by atoms with E-state index in [0.29, 0.717) is 28.3 Å². The fourth-order valence-electron chi connectivity index (χ4n) is 3.74. The van der Waals surface area contributed by atoms with Crippen molar-refractivity contribution in [2.75, 3.05) is 0 Å². The van der Waals surface area contributed by atoms with Crippen molar-refractivity contribution in [3.05, 3.63) is 91.3 Å². The molecule has 2 aromatic heterocycles. The normalized spacial score (nSPS) is 11.5. The van der Waals surface area contributed by atoms with E-state index in [4.69, 9.17) is 11.6 Å². The minimum absolute atomic E-state index is 0.0186. The van der Waals surface area contributed by atoms with Gasteiger partial charge in [0.1, 0.15) is 11.6 Å². The van der Waals surface area contributed by atoms with Gasteiger partial charge in [-0.2, -0.15) is 8.78 Å². The molecule has 2 heterocycles. The number of benzene rings is 2. The van der Waals surface area contributed by atoms with E-state index in [0.717, 1.165) is 5.56 Å². The molecule has 4 aromatic rings. The number of ether oxygens (including phenoxy) is 1. The third kappa shape index (κ3) is 4.54. The molecule has 10 heteroatoms. The van der Waals surface area contributed by atoms with Crippen LogP contribution in [0.5, 0.6) is 5.75 Å². The molecule has 0 saturated heterocycles. The van der Waals surface area contributed by atoms with Gasteiger partial charge in [-0.3, -0.25) is 13.9 Å². The van der Waals surface area contributed by atoms with E-state index >= 15 is 0 Å². The Kier molecular flexibility index (Phi) is 6.33. The second-order valence-electron chi connectivity index (χ2n) is 7.52. The van der Waals surface area contributed by atoms with Crippen molar-refractivity contribution < 1.29 is 13.5 Å². The zero-order valence-corrected chi connectivity index (χ0v) is 18.7. The molecule has 0 saturated carbocycles. The first-order chi connectivity index (χ1) is 15.8. The van der Waals surface area contributed by atoms with Crippen molar-refractivity contribution in [1.29, 1.82) is 0 Å². The van der Waals surface area contributed by atoms with Crippen LogP contribution in [0.2, 0.25) is 5.02 Å². The molecule has 0 spiro atoms. The highest BCUT2D eigenvalue weighted by Gasteiger charge is 2.20. The summed E-state index contributed by atoms with van der Waals surface area (Å²) in [6.07, 6.45) is 0.579. The lowest BCUT2D eigenvalue weighted by Crippen LogP contribution is -2.41. The van der Waals surface area contributed by atoms with Gasteiger partial charge in [-0.1, -0.05) is 42.8 Å². The minimum atomic E-state index is -2.92. The summed E-state index contributed by atoms with van der Waals surface area (Å²) in [7, 11) is 1.74. The molecular formula is C23H21ClF2N4O3. The standard InChI is InChI=1S/C23H21ClF2N4O3/c1-3-18-27-20-19(28(18)2)21(31)30(13-14-4-8-16(24)9-5-14)23(32)29(20)12-15-6-10-17(11-7-15)33-22(25)26/h4-11,22H,3,12-13H2,1-2H3. The first-order valence-corrected chi connectivity index (χ1v) is 10.6. The second kappa shape index (κ2) is 9.19. The fourth-order valence-corrected chi connectivity index (χ4v) is 3.86.